The molecule has 3 aromatic rings. The van der Waals surface area contributed by atoms with Crippen molar-refractivity contribution in [2.24, 2.45) is 5.92 Å². The van der Waals surface area contributed by atoms with Crippen molar-refractivity contribution in [3.8, 4) is 11.1 Å². The summed E-state index contributed by atoms with van der Waals surface area (Å²) in [6.07, 6.45) is 3.76. The smallest absolute Gasteiger partial charge is 0.309 e. The Hall–Kier alpha value is -3.74. The molecule has 2 aliphatic heterocycles. The Morgan fingerprint density at radius 2 is 1.65 bits per heavy atom. The summed E-state index contributed by atoms with van der Waals surface area (Å²) in [5.74, 6) is 0.708. The van der Waals surface area contributed by atoms with Crippen LogP contribution in [0.25, 0.3) is 11.1 Å². The van der Waals surface area contributed by atoms with E-state index in [4.69, 9.17) is 4.74 Å². The molecule has 1 saturated heterocycles. The number of hydrogen-bond donors (Lipinski definition) is 0. The first-order valence-corrected chi connectivity index (χ1v) is 13.1. The monoisotopic (exact) mass is 498 g/mol. The van der Waals surface area contributed by atoms with E-state index < -0.39 is 0 Å². The van der Waals surface area contributed by atoms with Gasteiger partial charge >= 0.3 is 5.97 Å². The van der Waals surface area contributed by atoms with E-state index in [0.29, 0.717) is 25.1 Å². The number of esters is 1. The van der Waals surface area contributed by atoms with E-state index in [1.165, 1.54) is 0 Å². The molecule has 0 N–H and O–H groups in total. The second-order valence-electron chi connectivity index (χ2n) is 10.5. The van der Waals surface area contributed by atoms with Gasteiger partial charge in [0.2, 0.25) is 0 Å². The topological polar surface area (TPSA) is 75.6 Å². The van der Waals surface area contributed by atoms with E-state index in [0.717, 1.165) is 54.1 Å². The third-order valence-corrected chi connectivity index (χ3v) is 7.56. The Morgan fingerprint density at radius 1 is 0.973 bits per heavy atom. The Bertz CT molecular complexity index is 1270. The molecule has 0 saturated carbocycles. The van der Waals surface area contributed by atoms with Crippen molar-refractivity contribution < 1.29 is 14.3 Å². The van der Waals surface area contributed by atoms with Crippen molar-refractivity contribution in [2.45, 2.75) is 52.1 Å². The summed E-state index contributed by atoms with van der Waals surface area (Å²) >= 11 is 0. The van der Waals surface area contributed by atoms with Gasteiger partial charge in [0.1, 0.15) is 12.1 Å². The van der Waals surface area contributed by atoms with Crippen LogP contribution in [0.15, 0.2) is 60.9 Å². The second kappa shape index (κ2) is 10.3. The molecule has 37 heavy (non-hydrogen) atoms. The number of carbonyl (C=O) groups excluding carboxylic acids is 2. The number of aromatic nitrogens is 2. The van der Waals surface area contributed by atoms with E-state index in [1.807, 2.05) is 54.3 Å². The van der Waals surface area contributed by atoms with Crippen LogP contribution in [-0.2, 0) is 22.5 Å². The Labute approximate surface area is 218 Å². The van der Waals surface area contributed by atoms with E-state index in [9.17, 15) is 9.59 Å². The van der Waals surface area contributed by atoms with Gasteiger partial charge in [-0.25, -0.2) is 9.97 Å². The molecular formula is C30H34N4O3. The van der Waals surface area contributed by atoms with Crippen molar-refractivity contribution >= 4 is 17.7 Å². The van der Waals surface area contributed by atoms with Crippen molar-refractivity contribution in [1.29, 1.82) is 0 Å². The van der Waals surface area contributed by atoms with Gasteiger partial charge in [0.25, 0.3) is 5.91 Å². The number of hydrogen-bond acceptors (Lipinski definition) is 6. The molecule has 1 amide bonds. The minimum Gasteiger partial charge on any atom is -0.466 e. The molecule has 1 aromatic heterocycles. The van der Waals surface area contributed by atoms with Crippen LogP contribution in [0.1, 0.15) is 55.2 Å². The highest BCUT2D eigenvalue weighted by atomic mass is 16.5. The van der Waals surface area contributed by atoms with Crippen LogP contribution in [0.2, 0.25) is 0 Å². The number of rotatable bonds is 5. The predicted octanol–water partition coefficient (Wildman–Crippen LogP) is 4.90. The fourth-order valence-corrected chi connectivity index (χ4v) is 5.43. The minimum absolute atomic E-state index is 0.00563. The molecule has 0 spiro atoms. The standard InChI is InChI=1S/C30H34N4O3/c1-4-37-29(36)24-14-16-33(17-15-24)27-25-19-34(30(2,3)18-26(25)31-20-32-27)28(35)23-12-10-22(11-13-23)21-8-6-5-7-9-21/h5-13,20,24H,4,14-19H2,1-3H3. The van der Waals surface area contributed by atoms with Gasteiger partial charge in [-0.05, 0) is 56.9 Å². The van der Waals surface area contributed by atoms with Crippen LogP contribution >= 0.6 is 0 Å². The molecule has 7 heteroatoms. The number of nitrogens with zero attached hydrogens (tertiary/aromatic N) is 4. The van der Waals surface area contributed by atoms with Crippen LogP contribution in [-0.4, -0.2) is 52.0 Å². The molecule has 1 fully saturated rings. The highest BCUT2D eigenvalue weighted by Crippen LogP contribution is 2.36. The van der Waals surface area contributed by atoms with Crippen LogP contribution in [0.4, 0.5) is 5.82 Å². The number of ether oxygens (including phenoxy) is 1. The number of fused-ring (bicyclic) bond motifs is 1. The third kappa shape index (κ3) is 5.08. The second-order valence-corrected chi connectivity index (χ2v) is 10.5. The first-order chi connectivity index (χ1) is 17.9. The average Bonchev–Trinajstić information content (AvgIpc) is 2.92. The van der Waals surface area contributed by atoms with Gasteiger partial charge < -0.3 is 14.5 Å². The molecule has 5 rings (SSSR count). The lowest BCUT2D eigenvalue weighted by Gasteiger charge is -2.44. The van der Waals surface area contributed by atoms with Crippen LogP contribution in [0.5, 0.6) is 0 Å². The fourth-order valence-electron chi connectivity index (χ4n) is 5.43. The molecule has 0 unspecified atom stereocenters. The number of carbonyl (C=O) groups is 2. The summed E-state index contributed by atoms with van der Waals surface area (Å²) in [5, 5.41) is 0. The maximum Gasteiger partial charge on any atom is 0.309 e. The summed E-state index contributed by atoms with van der Waals surface area (Å²) < 4.78 is 5.22. The van der Waals surface area contributed by atoms with Crippen molar-refractivity contribution in [1.82, 2.24) is 14.9 Å². The largest absolute Gasteiger partial charge is 0.466 e. The van der Waals surface area contributed by atoms with Crippen LogP contribution < -0.4 is 4.90 Å². The van der Waals surface area contributed by atoms with Gasteiger partial charge in [-0.1, -0.05) is 42.5 Å². The molecule has 2 aliphatic rings. The van der Waals surface area contributed by atoms with Gasteiger partial charge in [-0.15, -0.1) is 0 Å². The lowest BCUT2D eigenvalue weighted by atomic mass is 9.87. The van der Waals surface area contributed by atoms with E-state index in [2.05, 4.69) is 40.8 Å². The van der Waals surface area contributed by atoms with Crippen molar-refractivity contribution in [2.75, 3.05) is 24.6 Å². The Balaban J connectivity index is 1.36. The van der Waals surface area contributed by atoms with Crippen molar-refractivity contribution in [3.63, 3.8) is 0 Å². The number of amides is 1. The fraction of sp³-hybridized carbons (Fsp3) is 0.400. The zero-order chi connectivity index (χ0) is 26.0. The predicted molar refractivity (Wildman–Crippen MR) is 143 cm³/mol. The summed E-state index contributed by atoms with van der Waals surface area (Å²) in [6, 6.07) is 18.0. The van der Waals surface area contributed by atoms with Crippen molar-refractivity contribution in [3.05, 3.63) is 77.7 Å². The van der Waals surface area contributed by atoms with Gasteiger partial charge in [-0.3, -0.25) is 9.59 Å². The number of benzene rings is 2. The highest BCUT2D eigenvalue weighted by molar-refractivity contribution is 5.95. The molecule has 2 aromatic carbocycles. The Morgan fingerprint density at radius 3 is 2.32 bits per heavy atom. The first-order valence-electron chi connectivity index (χ1n) is 13.1. The molecule has 0 radical (unpaired) electrons. The third-order valence-electron chi connectivity index (χ3n) is 7.56. The molecule has 0 atom stereocenters. The number of piperidine rings is 1. The molecule has 3 heterocycles. The lowest BCUT2D eigenvalue weighted by Crippen LogP contribution is -2.52. The summed E-state index contributed by atoms with van der Waals surface area (Å²) in [4.78, 5) is 39.4. The zero-order valence-corrected chi connectivity index (χ0v) is 21.8. The van der Waals surface area contributed by atoms with Gasteiger partial charge in [-0.2, -0.15) is 0 Å². The molecule has 7 nitrogen and oxygen atoms in total. The summed E-state index contributed by atoms with van der Waals surface area (Å²) in [5.41, 5.74) is 4.50. The summed E-state index contributed by atoms with van der Waals surface area (Å²) in [7, 11) is 0. The first kappa shape index (κ1) is 24.9. The highest BCUT2D eigenvalue weighted by Gasteiger charge is 2.39. The lowest BCUT2D eigenvalue weighted by molar-refractivity contribution is -0.148. The van der Waals surface area contributed by atoms with Gasteiger partial charge in [0.05, 0.1) is 24.8 Å². The maximum absolute atomic E-state index is 13.8. The van der Waals surface area contributed by atoms with Crippen LogP contribution in [0, 0.1) is 5.92 Å². The van der Waals surface area contributed by atoms with Gasteiger partial charge in [0.15, 0.2) is 0 Å². The number of anilines is 1. The quantitative estimate of drug-likeness (QED) is 0.466. The van der Waals surface area contributed by atoms with Gasteiger partial charge in [0, 0.05) is 36.2 Å². The minimum atomic E-state index is -0.384. The summed E-state index contributed by atoms with van der Waals surface area (Å²) in [6.45, 7) is 8.35. The SMILES string of the molecule is CCOC(=O)C1CCN(c2ncnc3c2CN(C(=O)c2ccc(-c4ccccc4)cc2)C(C)(C)C3)CC1. The molecular weight excluding hydrogens is 464 g/mol. The zero-order valence-electron chi connectivity index (χ0n) is 21.8. The maximum atomic E-state index is 13.8. The van der Waals surface area contributed by atoms with E-state index >= 15 is 0 Å². The van der Waals surface area contributed by atoms with E-state index in [-0.39, 0.29) is 23.3 Å². The van der Waals surface area contributed by atoms with E-state index in [1.54, 1.807) is 6.33 Å². The average molecular weight is 499 g/mol. The normalized spacial score (nSPS) is 17.3. The Kier molecular flexibility index (Phi) is 6.96. The molecule has 0 aliphatic carbocycles. The molecule has 192 valence electrons. The van der Waals surface area contributed by atoms with Crippen LogP contribution in [0.3, 0.4) is 0 Å². The molecule has 0 bridgehead atoms.